The molecule has 9 heteroatoms. The molecule has 2 atom stereocenters. The summed E-state index contributed by atoms with van der Waals surface area (Å²) >= 11 is 0. The summed E-state index contributed by atoms with van der Waals surface area (Å²) in [5.41, 5.74) is 5.54. The van der Waals surface area contributed by atoms with Gasteiger partial charge in [0.1, 0.15) is 11.9 Å². The summed E-state index contributed by atoms with van der Waals surface area (Å²) in [6.45, 7) is 1.94. The Morgan fingerprint density at radius 1 is 1.41 bits per heavy atom. The van der Waals surface area contributed by atoms with Crippen LogP contribution in [-0.2, 0) is 9.53 Å². The van der Waals surface area contributed by atoms with Crippen LogP contribution in [0.25, 0.3) is 0 Å². The van der Waals surface area contributed by atoms with Crippen LogP contribution in [0.1, 0.15) is 16.9 Å². The van der Waals surface area contributed by atoms with Crippen LogP contribution < -0.4 is 11.1 Å². The van der Waals surface area contributed by atoms with Gasteiger partial charge in [0.05, 0.1) is 31.9 Å². The quantitative estimate of drug-likeness (QED) is 0.541. The number of rotatable bonds is 5. The second-order valence-electron chi connectivity index (χ2n) is 4.86. The Morgan fingerprint density at radius 2 is 2.14 bits per heavy atom. The van der Waals surface area contributed by atoms with Gasteiger partial charge < -0.3 is 25.8 Å². The molecule has 1 fully saturated rings. The van der Waals surface area contributed by atoms with Gasteiger partial charge in [-0.15, -0.1) is 0 Å². The molecular weight excluding hydrogens is 290 g/mol. The molecule has 9 nitrogen and oxygen atoms in total. The molecule has 1 saturated heterocycles. The first-order valence-electron chi connectivity index (χ1n) is 6.94. The topological polar surface area (TPSA) is 131 Å². The van der Waals surface area contributed by atoms with Crippen LogP contribution in [0.3, 0.4) is 0 Å². The highest BCUT2D eigenvalue weighted by atomic mass is 16.5. The number of aliphatic hydroxyl groups excluding tert-OH is 1. The minimum atomic E-state index is -1.36. The van der Waals surface area contributed by atoms with Crippen molar-refractivity contribution in [1.82, 2.24) is 20.2 Å². The van der Waals surface area contributed by atoms with E-state index in [0.717, 1.165) is 0 Å². The van der Waals surface area contributed by atoms with Gasteiger partial charge in [-0.1, -0.05) is 0 Å². The predicted molar refractivity (Wildman–Crippen MR) is 75.5 cm³/mol. The molecular formula is C13H19N5O4. The first kappa shape index (κ1) is 16.3. The standard InChI is InChI=1S/C13H19N5O4/c14-12(20)9(7-11(19)18-3-5-22-6-4-18)17-13(21)10-8-15-1-2-16-10/h1-2,8-9,12,20H,3-7,14H2,(H,17,21)/t9-,12?/m1/s1. The zero-order chi connectivity index (χ0) is 15.9. The van der Waals surface area contributed by atoms with Crippen LogP contribution in [0.15, 0.2) is 18.6 Å². The molecule has 2 rings (SSSR count). The van der Waals surface area contributed by atoms with E-state index in [1.165, 1.54) is 18.6 Å². The van der Waals surface area contributed by atoms with Crippen LogP contribution in [0, 0.1) is 0 Å². The number of hydrogen-bond acceptors (Lipinski definition) is 7. The van der Waals surface area contributed by atoms with Crippen molar-refractivity contribution in [3.8, 4) is 0 Å². The fourth-order valence-corrected chi connectivity index (χ4v) is 2.05. The van der Waals surface area contributed by atoms with Crippen molar-refractivity contribution < 1.29 is 19.4 Å². The van der Waals surface area contributed by atoms with Gasteiger partial charge in [-0.2, -0.15) is 0 Å². The Balaban J connectivity index is 1.94. The normalized spacial score (nSPS) is 17.6. The van der Waals surface area contributed by atoms with Crippen LogP contribution >= 0.6 is 0 Å². The Kier molecular flexibility index (Phi) is 5.75. The highest BCUT2D eigenvalue weighted by Gasteiger charge is 2.26. The third-order valence-corrected chi connectivity index (χ3v) is 3.28. The summed E-state index contributed by atoms with van der Waals surface area (Å²) in [4.78, 5) is 33.4. The van der Waals surface area contributed by atoms with Crippen LogP contribution in [0.2, 0.25) is 0 Å². The van der Waals surface area contributed by atoms with Crippen molar-refractivity contribution >= 4 is 11.8 Å². The number of nitrogens with two attached hydrogens (primary N) is 1. The van der Waals surface area contributed by atoms with E-state index in [9.17, 15) is 14.7 Å². The van der Waals surface area contributed by atoms with Gasteiger partial charge in [-0.25, -0.2) is 4.98 Å². The largest absolute Gasteiger partial charge is 0.378 e. The number of nitrogens with zero attached hydrogens (tertiary/aromatic N) is 3. The lowest BCUT2D eigenvalue weighted by Gasteiger charge is -2.29. The van der Waals surface area contributed by atoms with Crippen molar-refractivity contribution in [2.45, 2.75) is 18.7 Å². The van der Waals surface area contributed by atoms with Crippen molar-refractivity contribution in [1.29, 1.82) is 0 Å². The van der Waals surface area contributed by atoms with E-state index in [4.69, 9.17) is 10.5 Å². The lowest BCUT2D eigenvalue weighted by atomic mass is 10.1. The molecule has 120 valence electrons. The van der Waals surface area contributed by atoms with E-state index in [2.05, 4.69) is 15.3 Å². The molecule has 1 aliphatic heterocycles. The number of hydrogen-bond donors (Lipinski definition) is 3. The first-order valence-corrected chi connectivity index (χ1v) is 6.94. The number of ether oxygens (including phenoxy) is 1. The van der Waals surface area contributed by atoms with Crippen molar-refractivity contribution in [2.24, 2.45) is 5.73 Å². The molecule has 0 bridgehead atoms. The zero-order valence-electron chi connectivity index (χ0n) is 12.0. The number of morpholine rings is 1. The molecule has 0 spiro atoms. The number of nitrogens with one attached hydrogen (secondary N) is 1. The van der Waals surface area contributed by atoms with E-state index in [0.29, 0.717) is 26.3 Å². The van der Waals surface area contributed by atoms with Crippen molar-refractivity contribution in [2.75, 3.05) is 26.3 Å². The molecule has 1 aromatic rings. The third kappa shape index (κ3) is 4.45. The second-order valence-corrected chi connectivity index (χ2v) is 4.86. The number of carbonyl (C=O) groups is 2. The minimum absolute atomic E-state index is 0.0898. The Labute approximate surface area is 127 Å². The number of carbonyl (C=O) groups excluding carboxylic acids is 2. The smallest absolute Gasteiger partial charge is 0.271 e. The van der Waals surface area contributed by atoms with E-state index in [-0.39, 0.29) is 18.0 Å². The average Bonchev–Trinajstić information content (AvgIpc) is 2.55. The lowest BCUT2D eigenvalue weighted by molar-refractivity contribution is -0.136. The molecule has 2 heterocycles. The highest BCUT2D eigenvalue weighted by molar-refractivity contribution is 5.92. The Morgan fingerprint density at radius 3 is 2.73 bits per heavy atom. The van der Waals surface area contributed by atoms with Crippen molar-refractivity contribution in [3.05, 3.63) is 24.3 Å². The van der Waals surface area contributed by atoms with E-state index in [1.807, 2.05) is 0 Å². The fraction of sp³-hybridized carbons (Fsp3) is 0.538. The van der Waals surface area contributed by atoms with Crippen LogP contribution in [0.5, 0.6) is 0 Å². The Hall–Kier alpha value is -2.10. The number of aliphatic hydroxyl groups is 1. The molecule has 1 aromatic heterocycles. The van der Waals surface area contributed by atoms with Gasteiger partial charge in [-0.05, 0) is 0 Å². The van der Waals surface area contributed by atoms with Gasteiger partial charge in [-0.3, -0.25) is 14.6 Å². The maximum absolute atomic E-state index is 12.2. The molecule has 1 unspecified atom stereocenters. The van der Waals surface area contributed by atoms with E-state index < -0.39 is 18.2 Å². The zero-order valence-corrected chi connectivity index (χ0v) is 12.0. The molecule has 2 amide bonds. The van der Waals surface area contributed by atoms with Gasteiger partial charge in [0.15, 0.2) is 0 Å². The monoisotopic (exact) mass is 309 g/mol. The Bertz CT molecular complexity index is 504. The summed E-state index contributed by atoms with van der Waals surface area (Å²) in [6.07, 6.45) is 2.66. The molecule has 22 heavy (non-hydrogen) atoms. The summed E-state index contributed by atoms with van der Waals surface area (Å²) in [5.74, 6) is -0.741. The van der Waals surface area contributed by atoms with Crippen LogP contribution in [0.4, 0.5) is 0 Å². The number of aromatic nitrogens is 2. The highest BCUT2D eigenvalue weighted by Crippen LogP contribution is 2.05. The van der Waals surface area contributed by atoms with Gasteiger partial charge >= 0.3 is 0 Å². The molecule has 0 saturated carbocycles. The maximum atomic E-state index is 12.2. The molecule has 0 radical (unpaired) electrons. The van der Waals surface area contributed by atoms with Gasteiger partial charge in [0.2, 0.25) is 5.91 Å². The molecule has 0 aromatic carbocycles. The predicted octanol–water partition coefficient (Wildman–Crippen LogP) is -1.90. The van der Waals surface area contributed by atoms with Crippen LogP contribution in [-0.4, -0.2) is 70.4 Å². The first-order chi connectivity index (χ1) is 10.6. The minimum Gasteiger partial charge on any atom is -0.378 e. The lowest BCUT2D eigenvalue weighted by Crippen LogP contribution is -2.51. The summed E-state index contributed by atoms with van der Waals surface area (Å²) in [5, 5.41) is 12.1. The SMILES string of the molecule is NC(O)[C@@H](CC(=O)N1CCOCC1)NC(=O)c1cnccn1. The van der Waals surface area contributed by atoms with Crippen molar-refractivity contribution in [3.63, 3.8) is 0 Å². The number of amides is 2. The summed E-state index contributed by atoms with van der Waals surface area (Å²) in [7, 11) is 0. The summed E-state index contributed by atoms with van der Waals surface area (Å²) < 4.78 is 5.17. The fourth-order valence-electron chi connectivity index (χ4n) is 2.05. The molecule has 4 N–H and O–H groups in total. The molecule has 0 aliphatic carbocycles. The van der Waals surface area contributed by atoms with E-state index >= 15 is 0 Å². The molecule has 1 aliphatic rings. The van der Waals surface area contributed by atoms with E-state index in [1.54, 1.807) is 4.90 Å². The van der Waals surface area contributed by atoms with Gasteiger partial charge in [0.25, 0.3) is 5.91 Å². The van der Waals surface area contributed by atoms with Gasteiger partial charge in [0, 0.05) is 25.5 Å². The third-order valence-electron chi connectivity index (χ3n) is 3.28. The second kappa shape index (κ2) is 7.78. The average molecular weight is 309 g/mol. The summed E-state index contributed by atoms with van der Waals surface area (Å²) in [6, 6.07) is -0.898. The maximum Gasteiger partial charge on any atom is 0.271 e.